The van der Waals surface area contributed by atoms with Crippen molar-refractivity contribution in [1.82, 2.24) is 25.0 Å². The third-order valence-corrected chi connectivity index (χ3v) is 7.55. The van der Waals surface area contributed by atoms with Crippen LogP contribution in [0.25, 0.3) is 10.3 Å². The molecule has 1 aromatic carbocycles. The Bertz CT molecular complexity index is 1160. The van der Waals surface area contributed by atoms with Crippen LogP contribution in [0.2, 0.25) is 0 Å². The van der Waals surface area contributed by atoms with Gasteiger partial charge in [-0.3, -0.25) is 9.80 Å². The summed E-state index contributed by atoms with van der Waals surface area (Å²) in [5.74, 6) is -0.330. The maximum Gasteiger partial charge on any atom is 0.245 e. The van der Waals surface area contributed by atoms with E-state index in [0.717, 1.165) is 22.2 Å². The molecule has 3 saturated heterocycles. The summed E-state index contributed by atoms with van der Waals surface area (Å²) in [6.45, 7) is 2.78. The topological polar surface area (TPSA) is 65.5 Å². The molecule has 1 spiro atoms. The summed E-state index contributed by atoms with van der Waals surface area (Å²) in [7, 11) is 0. The maximum atomic E-state index is 13.8. The van der Waals surface area contributed by atoms with Crippen LogP contribution < -0.4 is 4.90 Å². The number of halogens is 2. The van der Waals surface area contributed by atoms with Gasteiger partial charge >= 0.3 is 0 Å². The first kappa shape index (κ1) is 19.0. The number of fused-ring (bicyclic) bond motifs is 2. The molecule has 0 radical (unpaired) electrons. The summed E-state index contributed by atoms with van der Waals surface area (Å²) < 4.78 is 27.6. The first-order valence-electron chi connectivity index (χ1n) is 10.4. The smallest absolute Gasteiger partial charge is 0.245 e. The van der Waals surface area contributed by atoms with Crippen LogP contribution >= 0.6 is 11.3 Å². The minimum absolute atomic E-state index is 0.0702. The van der Waals surface area contributed by atoms with Crippen LogP contribution in [0.3, 0.4) is 0 Å². The highest BCUT2D eigenvalue weighted by Gasteiger charge is 2.56. The summed E-state index contributed by atoms with van der Waals surface area (Å²) in [6, 6.07) is 3.23. The lowest BCUT2D eigenvalue weighted by atomic mass is 9.77. The number of anilines is 1. The van der Waals surface area contributed by atoms with Crippen molar-refractivity contribution < 1.29 is 13.6 Å². The maximum absolute atomic E-state index is 13.8. The fraction of sp³-hybridized carbons (Fsp3) is 0.429. The lowest BCUT2D eigenvalue weighted by molar-refractivity contribution is -0.143. The monoisotopic (exact) mass is 442 g/mol. The van der Waals surface area contributed by atoms with Gasteiger partial charge in [0, 0.05) is 32.2 Å². The Labute approximate surface area is 181 Å². The van der Waals surface area contributed by atoms with Crippen molar-refractivity contribution in [2.45, 2.75) is 25.3 Å². The highest BCUT2D eigenvalue weighted by Crippen LogP contribution is 2.47. The van der Waals surface area contributed by atoms with Gasteiger partial charge in [-0.15, -0.1) is 11.3 Å². The van der Waals surface area contributed by atoms with E-state index in [1.54, 1.807) is 16.8 Å². The van der Waals surface area contributed by atoms with E-state index in [1.165, 1.54) is 23.5 Å². The molecule has 10 heteroatoms. The van der Waals surface area contributed by atoms with E-state index < -0.39 is 17.0 Å². The van der Waals surface area contributed by atoms with E-state index >= 15 is 0 Å². The first-order valence-corrected chi connectivity index (χ1v) is 11.3. The van der Waals surface area contributed by atoms with Gasteiger partial charge < -0.3 is 4.90 Å². The lowest BCUT2D eigenvalue weighted by Crippen LogP contribution is -2.46. The number of hydrogen-bond acceptors (Lipinski definition) is 7. The molecule has 7 nitrogen and oxygen atoms in total. The van der Waals surface area contributed by atoms with Gasteiger partial charge in [-0.05, 0) is 37.0 Å². The van der Waals surface area contributed by atoms with Crippen molar-refractivity contribution in [2.24, 2.45) is 5.41 Å². The van der Waals surface area contributed by atoms with E-state index in [-0.39, 0.29) is 11.9 Å². The number of hydrazine groups is 1. The number of hydrogen-bond donors (Lipinski definition) is 0. The average Bonchev–Trinajstić information content (AvgIpc) is 3.45. The molecular weight excluding hydrogens is 422 g/mol. The Morgan fingerprint density at radius 3 is 2.58 bits per heavy atom. The molecule has 0 bridgehead atoms. The summed E-state index contributed by atoms with van der Waals surface area (Å²) in [6.07, 6.45) is 3.66. The first-order chi connectivity index (χ1) is 15.0. The van der Waals surface area contributed by atoms with Crippen LogP contribution in [0.15, 0.2) is 30.0 Å². The van der Waals surface area contributed by atoms with Crippen LogP contribution in [0.5, 0.6) is 0 Å². The minimum Gasteiger partial charge on any atom is -0.355 e. The Morgan fingerprint density at radius 1 is 1.03 bits per heavy atom. The van der Waals surface area contributed by atoms with Crippen molar-refractivity contribution in [3.8, 4) is 0 Å². The van der Waals surface area contributed by atoms with Crippen LogP contribution in [-0.2, 0) is 4.79 Å². The second-order valence-electron chi connectivity index (χ2n) is 8.52. The summed E-state index contributed by atoms with van der Waals surface area (Å²) in [4.78, 5) is 29.7. The Kier molecular flexibility index (Phi) is 4.23. The van der Waals surface area contributed by atoms with Crippen molar-refractivity contribution in [3.63, 3.8) is 0 Å². The van der Waals surface area contributed by atoms with Crippen molar-refractivity contribution in [3.05, 3.63) is 47.2 Å². The molecule has 3 aliphatic rings. The third-order valence-electron chi connectivity index (χ3n) is 6.81. The number of aromatic nitrogens is 3. The number of carbonyl (C=O) groups is 1. The molecule has 1 amide bonds. The quantitative estimate of drug-likeness (QED) is 0.608. The Morgan fingerprint density at radius 2 is 1.81 bits per heavy atom. The fourth-order valence-corrected chi connectivity index (χ4v) is 5.91. The third kappa shape index (κ3) is 2.92. The van der Waals surface area contributed by atoms with Crippen molar-refractivity contribution in [1.29, 1.82) is 0 Å². The molecule has 160 valence electrons. The molecule has 2 aromatic heterocycles. The number of nitrogens with zero attached hydrogens (tertiary/aromatic N) is 6. The van der Waals surface area contributed by atoms with Gasteiger partial charge in [-0.25, -0.2) is 28.7 Å². The van der Waals surface area contributed by atoms with Crippen LogP contribution in [-0.4, -0.2) is 57.1 Å². The van der Waals surface area contributed by atoms with Gasteiger partial charge in [0.05, 0.1) is 17.0 Å². The number of carbonyl (C=O) groups excluding carboxylic acids is 1. The summed E-state index contributed by atoms with van der Waals surface area (Å²) in [5.41, 5.74) is 2.63. The summed E-state index contributed by atoms with van der Waals surface area (Å²) in [5, 5.41) is 3.82. The number of benzene rings is 1. The van der Waals surface area contributed by atoms with Gasteiger partial charge in [0.2, 0.25) is 5.91 Å². The van der Waals surface area contributed by atoms with Crippen molar-refractivity contribution in [2.75, 3.05) is 31.1 Å². The number of amides is 1. The molecule has 0 saturated carbocycles. The minimum atomic E-state index is -0.610. The molecule has 1 atom stereocenters. The Hall–Kier alpha value is -2.72. The second kappa shape index (κ2) is 6.89. The number of rotatable bonds is 2. The Balaban J connectivity index is 1.24. The van der Waals surface area contributed by atoms with Crippen molar-refractivity contribution >= 4 is 33.4 Å². The highest BCUT2D eigenvalue weighted by atomic mass is 32.1. The molecule has 3 aliphatic heterocycles. The molecule has 0 aliphatic carbocycles. The second-order valence-corrected chi connectivity index (χ2v) is 9.35. The van der Waals surface area contributed by atoms with E-state index in [2.05, 4.69) is 24.9 Å². The van der Waals surface area contributed by atoms with E-state index in [9.17, 15) is 13.6 Å². The molecule has 5 heterocycles. The fourth-order valence-electron chi connectivity index (χ4n) is 5.29. The molecular formula is C21H20F2N6OS. The van der Waals surface area contributed by atoms with E-state index in [1.807, 2.05) is 0 Å². The SMILES string of the molecule is O=C1N2[C@H](c3cc(F)cc(F)c3)CCN2CC12CCN(c1ncnc3scnc13)CC2. The van der Waals surface area contributed by atoms with Gasteiger partial charge in [0.1, 0.15) is 28.3 Å². The zero-order valence-electron chi connectivity index (χ0n) is 16.7. The van der Waals surface area contributed by atoms with Gasteiger partial charge in [0.25, 0.3) is 0 Å². The lowest BCUT2D eigenvalue weighted by Gasteiger charge is -2.38. The molecule has 3 aromatic rings. The van der Waals surface area contributed by atoms with Gasteiger partial charge in [-0.1, -0.05) is 0 Å². The van der Waals surface area contributed by atoms with E-state index in [0.29, 0.717) is 51.0 Å². The predicted octanol–water partition coefficient (Wildman–Crippen LogP) is 3.16. The molecule has 6 rings (SSSR count). The predicted molar refractivity (Wildman–Crippen MR) is 111 cm³/mol. The average molecular weight is 442 g/mol. The standard InChI is InChI=1S/C21H20F2N6OS/c22-14-7-13(8-15(23)9-14)16-1-4-28-10-21(20(30)29(16)28)2-5-27(6-3-21)18-17-19(25-11-24-18)31-12-26-17/h7-9,11-12,16H,1-6,10H2/t16-/m0/s1. The normalized spacial score (nSPS) is 23.3. The highest BCUT2D eigenvalue weighted by molar-refractivity contribution is 7.16. The van der Waals surface area contributed by atoms with Crippen LogP contribution in [0.1, 0.15) is 30.9 Å². The number of piperidine rings is 1. The van der Waals surface area contributed by atoms with Gasteiger partial charge in [0.15, 0.2) is 5.82 Å². The van der Waals surface area contributed by atoms with E-state index in [4.69, 9.17) is 0 Å². The van der Waals surface area contributed by atoms with Crippen LogP contribution in [0, 0.1) is 17.0 Å². The zero-order valence-corrected chi connectivity index (χ0v) is 17.5. The summed E-state index contributed by atoms with van der Waals surface area (Å²) >= 11 is 1.49. The molecule has 0 unspecified atom stereocenters. The largest absolute Gasteiger partial charge is 0.355 e. The molecule has 3 fully saturated rings. The van der Waals surface area contributed by atoms with Gasteiger partial charge in [-0.2, -0.15) is 0 Å². The molecule has 0 N–H and O–H groups in total. The zero-order chi connectivity index (χ0) is 21.2. The molecule has 31 heavy (non-hydrogen) atoms. The van der Waals surface area contributed by atoms with Crippen LogP contribution in [0.4, 0.5) is 14.6 Å². The number of thiazole rings is 1.